The van der Waals surface area contributed by atoms with Crippen LogP contribution in [0.2, 0.25) is 0 Å². The maximum atomic E-state index is 11.9. The Morgan fingerprint density at radius 2 is 1.00 bits per heavy atom. The standard InChI is InChI=1S/C39H68O6/c1-3-5-7-9-11-12-13-14-15-16-19-23-27-31-38(41)43-33-35(40)34-44-39(42)32-28-24-20-17-18-22-26-30-37-36(45-37)29-25-21-10-8-6-4-2/h17,20-22,25-26,35-37,40H,3-16,18-19,23-24,27-34H2,1-2H3/b20-17-,25-21-,26-22-/t35-,36?,37?/m1/s1. The van der Waals surface area contributed by atoms with Crippen molar-refractivity contribution >= 4 is 11.9 Å². The van der Waals surface area contributed by atoms with Gasteiger partial charge in [-0.2, -0.15) is 0 Å². The molecule has 2 unspecified atom stereocenters. The van der Waals surface area contributed by atoms with Gasteiger partial charge in [0.25, 0.3) is 0 Å². The van der Waals surface area contributed by atoms with E-state index < -0.39 is 6.10 Å². The van der Waals surface area contributed by atoms with Crippen molar-refractivity contribution in [1.82, 2.24) is 0 Å². The highest BCUT2D eigenvalue weighted by Gasteiger charge is 2.35. The van der Waals surface area contributed by atoms with Crippen molar-refractivity contribution in [3.05, 3.63) is 36.5 Å². The molecule has 45 heavy (non-hydrogen) atoms. The number of aliphatic hydroxyl groups excluding tert-OH is 1. The number of hydrogen-bond donors (Lipinski definition) is 1. The molecule has 0 spiro atoms. The molecule has 260 valence electrons. The van der Waals surface area contributed by atoms with Crippen molar-refractivity contribution in [2.24, 2.45) is 0 Å². The summed E-state index contributed by atoms with van der Waals surface area (Å²) >= 11 is 0. The summed E-state index contributed by atoms with van der Waals surface area (Å²) in [5.74, 6) is -0.633. The van der Waals surface area contributed by atoms with E-state index in [9.17, 15) is 14.7 Å². The lowest BCUT2D eigenvalue weighted by molar-refractivity contribution is -0.152. The smallest absolute Gasteiger partial charge is 0.305 e. The number of carbonyl (C=O) groups excluding carboxylic acids is 2. The van der Waals surface area contributed by atoms with E-state index in [0.29, 0.717) is 31.5 Å². The van der Waals surface area contributed by atoms with Crippen LogP contribution in [0.15, 0.2) is 36.5 Å². The second-order valence-electron chi connectivity index (χ2n) is 12.7. The molecule has 0 amide bonds. The van der Waals surface area contributed by atoms with Crippen LogP contribution in [0.4, 0.5) is 0 Å². The van der Waals surface area contributed by atoms with Crippen molar-refractivity contribution in [3.8, 4) is 0 Å². The number of unbranched alkanes of at least 4 members (excludes halogenated alkanes) is 16. The lowest BCUT2D eigenvalue weighted by Gasteiger charge is -2.12. The third-order valence-corrected chi connectivity index (χ3v) is 8.28. The van der Waals surface area contributed by atoms with Gasteiger partial charge in [0.1, 0.15) is 19.3 Å². The number of rotatable bonds is 32. The molecule has 1 aliphatic heterocycles. The average molecular weight is 633 g/mol. The van der Waals surface area contributed by atoms with Crippen LogP contribution in [0.1, 0.15) is 168 Å². The van der Waals surface area contributed by atoms with Crippen LogP contribution in [0, 0.1) is 0 Å². The van der Waals surface area contributed by atoms with Crippen molar-refractivity contribution in [1.29, 1.82) is 0 Å². The Morgan fingerprint density at radius 3 is 1.58 bits per heavy atom. The van der Waals surface area contributed by atoms with Gasteiger partial charge in [-0.25, -0.2) is 0 Å². The molecule has 0 aromatic rings. The summed E-state index contributed by atoms with van der Waals surface area (Å²) in [5, 5.41) is 9.99. The van der Waals surface area contributed by atoms with Gasteiger partial charge >= 0.3 is 11.9 Å². The van der Waals surface area contributed by atoms with E-state index in [-0.39, 0.29) is 25.2 Å². The fraction of sp³-hybridized carbons (Fsp3) is 0.795. The second kappa shape index (κ2) is 30.7. The first kappa shape index (κ1) is 41.1. The number of aliphatic hydroxyl groups is 1. The molecular weight excluding hydrogens is 564 g/mol. The molecule has 6 nitrogen and oxygen atoms in total. The van der Waals surface area contributed by atoms with E-state index in [1.165, 1.54) is 89.9 Å². The molecule has 0 aromatic carbocycles. The molecule has 1 saturated heterocycles. The fourth-order valence-electron chi connectivity index (χ4n) is 5.30. The first-order valence-corrected chi connectivity index (χ1v) is 18.7. The summed E-state index contributed by atoms with van der Waals surface area (Å²) in [4.78, 5) is 23.9. The van der Waals surface area contributed by atoms with Crippen LogP contribution < -0.4 is 0 Å². The molecule has 0 bridgehead atoms. The predicted octanol–water partition coefficient (Wildman–Crippen LogP) is 10.3. The zero-order valence-corrected chi connectivity index (χ0v) is 29.1. The third-order valence-electron chi connectivity index (χ3n) is 8.28. The molecular formula is C39H68O6. The van der Waals surface area contributed by atoms with Crippen molar-refractivity contribution in [2.45, 2.75) is 186 Å². The number of allylic oxidation sites excluding steroid dienone is 4. The highest BCUT2D eigenvalue weighted by atomic mass is 16.6. The quantitative estimate of drug-likeness (QED) is 0.0344. The number of ether oxygens (including phenoxy) is 3. The minimum absolute atomic E-state index is 0.134. The number of carbonyl (C=O) groups is 2. The molecule has 1 rings (SSSR count). The fourth-order valence-corrected chi connectivity index (χ4v) is 5.30. The molecule has 0 aliphatic carbocycles. The van der Waals surface area contributed by atoms with Crippen molar-refractivity contribution < 1.29 is 28.9 Å². The van der Waals surface area contributed by atoms with Gasteiger partial charge in [0.2, 0.25) is 0 Å². The molecule has 3 atom stereocenters. The first-order valence-electron chi connectivity index (χ1n) is 18.7. The summed E-state index contributed by atoms with van der Waals surface area (Å²) in [6.07, 6.45) is 39.4. The van der Waals surface area contributed by atoms with Crippen LogP contribution in [0.3, 0.4) is 0 Å². The normalized spacial score (nSPS) is 17.0. The highest BCUT2D eigenvalue weighted by molar-refractivity contribution is 5.69. The van der Waals surface area contributed by atoms with Crippen LogP contribution in [-0.4, -0.2) is 48.6 Å². The van der Waals surface area contributed by atoms with Crippen molar-refractivity contribution in [3.63, 3.8) is 0 Å². The zero-order chi connectivity index (χ0) is 32.6. The van der Waals surface area contributed by atoms with Gasteiger partial charge < -0.3 is 19.3 Å². The topological polar surface area (TPSA) is 85.4 Å². The summed E-state index contributed by atoms with van der Waals surface area (Å²) in [7, 11) is 0. The Hall–Kier alpha value is -1.92. The molecule has 1 aliphatic rings. The first-order chi connectivity index (χ1) is 22.1. The van der Waals surface area contributed by atoms with E-state index >= 15 is 0 Å². The van der Waals surface area contributed by atoms with Crippen molar-refractivity contribution in [2.75, 3.05) is 13.2 Å². The van der Waals surface area contributed by atoms with E-state index in [4.69, 9.17) is 14.2 Å². The Balaban J connectivity index is 1.87. The van der Waals surface area contributed by atoms with Gasteiger partial charge in [-0.05, 0) is 51.4 Å². The maximum absolute atomic E-state index is 11.9. The number of hydrogen-bond acceptors (Lipinski definition) is 6. The molecule has 0 aromatic heterocycles. The summed E-state index contributed by atoms with van der Waals surface area (Å²) in [6, 6.07) is 0. The molecule has 6 heteroatoms. The molecule has 1 N–H and O–H groups in total. The Kier molecular flexibility index (Phi) is 28.1. The summed E-state index contributed by atoms with van der Waals surface area (Å²) < 4.78 is 16.0. The number of esters is 2. The van der Waals surface area contributed by atoms with Crippen LogP contribution >= 0.6 is 0 Å². The molecule has 1 fully saturated rings. The van der Waals surface area contributed by atoms with Gasteiger partial charge in [-0.3, -0.25) is 9.59 Å². The molecule has 0 radical (unpaired) electrons. The minimum Gasteiger partial charge on any atom is -0.463 e. The summed E-state index contributed by atoms with van der Waals surface area (Å²) in [6.45, 7) is 4.21. The van der Waals surface area contributed by atoms with Gasteiger partial charge in [0.05, 0.1) is 12.2 Å². The Labute approximate surface area is 276 Å². The predicted molar refractivity (Wildman–Crippen MR) is 186 cm³/mol. The van der Waals surface area contributed by atoms with Crippen LogP contribution in [0.5, 0.6) is 0 Å². The molecule has 0 saturated carbocycles. The largest absolute Gasteiger partial charge is 0.463 e. The lowest BCUT2D eigenvalue weighted by atomic mass is 10.0. The van der Waals surface area contributed by atoms with Gasteiger partial charge in [0, 0.05) is 12.8 Å². The zero-order valence-electron chi connectivity index (χ0n) is 29.1. The second-order valence-corrected chi connectivity index (χ2v) is 12.7. The Bertz CT molecular complexity index is 788. The number of epoxide rings is 1. The third kappa shape index (κ3) is 28.1. The van der Waals surface area contributed by atoms with E-state index in [1.54, 1.807) is 0 Å². The van der Waals surface area contributed by atoms with Crippen LogP contribution in [0.25, 0.3) is 0 Å². The van der Waals surface area contributed by atoms with E-state index in [0.717, 1.165) is 44.9 Å². The van der Waals surface area contributed by atoms with Gasteiger partial charge in [-0.15, -0.1) is 0 Å². The highest BCUT2D eigenvalue weighted by Crippen LogP contribution is 2.29. The molecule has 1 heterocycles. The van der Waals surface area contributed by atoms with Gasteiger partial charge in [0.15, 0.2) is 0 Å². The van der Waals surface area contributed by atoms with Gasteiger partial charge in [-0.1, -0.05) is 140 Å². The summed E-state index contributed by atoms with van der Waals surface area (Å²) in [5.41, 5.74) is 0. The monoisotopic (exact) mass is 633 g/mol. The maximum Gasteiger partial charge on any atom is 0.305 e. The SMILES string of the molecule is CCCCC/C=C\CC1OC1C/C=C\C/C=C\CCCC(=O)OC[C@H](O)COC(=O)CCCCCCCCCCCCCCC. The van der Waals surface area contributed by atoms with E-state index in [1.807, 2.05) is 0 Å². The van der Waals surface area contributed by atoms with E-state index in [2.05, 4.69) is 50.3 Å². The van der Waals surface area contributed by atoms with Crippen LogP contribution in [-0.2, 0) is 23.8 Å². The average Bonchev–Trinajstić information content (AvgIpc) is 3.79. The lowest BCUT2D eigenvalue weighted by Crippen LogP contribution is -2.25. The minimum atomic E-state index is -0.987. The Morgan fingerprint density at radius 1 is 0.578 bits per heavy atom.